The molecule has 0 bridgehead atoms. The third kappa shape index (κ3) is 4.91. The fourth-order valence-corrected chi connectivity index (χ4v) is 1.63. The van der Waals surface area contributed by atoms with Gasteiger partial charge in [0.25, 0.3) is 5.91 Å². The molecule has 3 amide bonds. The van der Waals surface area contributed by atoms with Crippen LogP contribution in [0.1, 0.15) is 5.56 Å². The molecule has 1 rings (SSSR count). The summed E-state index contributed by atoms with van der Waals surface area (Å²) < 4.78 is 0. The van der Waals surface area contributed by atoms with Gasteiger partial charge in [-0.05, 0) is 24.6 Å². The fourth-order valence-electron chi connectivity index (χ4n) is 1.20. The average molecular weight is 317 g/mol. The number of aliphatic carboxylic acids is 1. The Morgan fingerprint density at radius 2 is 1.80 bits per heavy atom. The van der Waals surface area contributed by atoms with E-state index in [2.05, 4.69) is 5.32 Å². The Bertz CT molecular complexity index is 599. The van der Waals surface area contributed by atoms with E-state index in [9.17, 15) is 14.4 Å². The topological polar surface area (TPSA) is 95.5 Å². The minimum absolute atomic E-state index is 0.231. The van der Waals surface area contributed by atoms with Gasteiger partial charge in [-0.3, -0.25) is 10.1 Å². The molecule has 0 radical (unpaired) electrons. The zero-order chi connectivity index (χ0) is 15.3. The number of nitrogens with one attached hydrogen (secondary N) is 2. The molecule has 106 valence electrons. The lowest BCUT2D eigenvalue weighted by molar-refractivity contribution is -0.131. The summed E-state index contributed by atoms with van der Waals surface area (Å²) in [5.41, 5.74) is 0.970. The number of benzene rings is 1. The van der Waals surface area contributed by atoms with E-state index in [1.807, 2.05) is 5.32 Å². The van der Waals surface area contributed by atoms with Crippen LogP contribution in [0.25, 0.3) is 0 Å². The van der Waals surface area contributed by atoms with Gasteiger partial charge in [0.15, 0.2) is 0 Å². The number of hydrogen-bond acceptors (Lipinski definition) is 3. The highest BCUT2D eigenvalue weighted by atomic mass is 35.5. The first-order valence-electron chi connectivity index (χ1n) is 5.28. The number of urea groups is 1. The fraction of sp³-hybridized carbons (Fsp3) is 0.0833. The van der Waals surface area contributed by atoms with Crippen molar-refractivity contribution < 1.29 is 19.5 Å². The second-order valence-corrected chi connectivity index (χ2v) is 4.51. The molecule has 20 heavy (non-hydrogen) atoms. The Labute approximate surface area is 124 Å². The van der Waals surface area contributed by atoms with Gasteiger partial charge in [-0.2, -0.15) is 0 Å². The lowest BCUT2D eigenvalue weighted by Crippen LogP contribution is -2.33. The van der Waals surface area contributed by atoms with Crippen LogP contribution < -0.4 is 10.6 Å². The molecule has 0 aliphatic carbocycles. The molecule has 0 atom stereocenters. The van der Waals surface area contributed by atoms with Crippen LogP contribution in [0.15, 0.2) is 24.3 Å². The molecule has 0 fully saturated rings. The quantitative estimate of drug-likeness (QED) is 0.747. The molecule has 1 aromatic rings. The zero-order valence-electron chi connectivity index (χ0n) is 10.2. The standard InChI is InChI=1S/C12H10Cl2N2O4/c1-6-4-8(14)9(5-7(6)13)15-12(20)16-10(17)2-3-11(18)19/h2-5H,1H3,(H,18,19)(H2,15,16,17,20)/b3-2+. The van der Waals surface area contributed by atoms with Crippen molar-refractivity contribution in [2.45, 2.75) is 6.92 Å². The van der Waals surface area contributed by atoms with Crippen molar-refractivity contribution in [3.8, 4) is 0 Å². The smallest absolute Gasteiger partial charge is 0.328 e. The highest BCUT2D eigenvalue weighted by molar-refractivity contribution is 6.36. The van der Waals surface area contributed by atoms with Crippen LogP contribution >= 0.6 is 23.2 Å². The average Bonchev–Trinajstić information content (AvgIpc) is 2.33. The number of anilines is 1. The van der Waals surface area contributed by atoms with Gasteiger partial charge in [-0.25, -0.2) is 9.59 Å². The number of rotatable bonds is 3. The van der Waals surface area contributed by atoms with E-state index in [4.69, 9.17) is 28.3 Å². The molecular weight excluding hydrogens is 307 g/mol. The normalized spacial score (nSPS) is 10.3. The van der Waals surface area contributed by atoms with Gasteiger partial charge in [0.2, 0.25) is 0 Å². The summed E-state index contributed by atoms with van der Waals surface area (Å²) in [6, 6.07) is 2.15. The molecule has 0 aliphatic rings. The van der Waals surface area contributed by atoms with Crippen molar-refractivity contribution in [3.05, 3.63) is 39.9 Å². The van der Waals surface area contributed by atoms with Crippen molar-refractivity contribution in [2.75, 3.05) is 5.32 Å². The van der Waals surface area contributed by atoms with Crippen LogP contribution in [0.2, 0.25) is 10.0 Å². The van der Waals surface area contributed by atoms with Crippen LogP contribution in [-0.4, -0.2) is 23.0 Å². The van der Waals surface area contributed by atoms with E-state index in [1.54, 1.807) is 13.0 Å². The van der Waals surface area contributed by atoms with Gasteiger partial charge in [0.1, 0.15) is 0 Å². The molecule has 0 aliphatic heterocycles. The monoisotopic (exact) mass is 316 g/mol. The van der Waals surface area contributed by atoms with Crippen LogP contribution in [0.3, 0.4) is 0 Å². The number of carbonyl (C=O) groups is 3. The summed E-state index contributed by atoms with van der Waals surface area (Å²) in [7, 11) is 0. The lowest BCUT2D eigenvalue weighted by atomic mass is 10.2. The Balaban J connectivity index is 2.70. The Morgan fingerprint density at radius 3 is 2.40 bits per heavy atom. The van der Waals surface area contributed by atoms with Crippen LogP contribution in [0, 0.1) is 6.92 Å². The SMILES string of the molecule is Cc1cc(Cl)c(NC(=O)NC(=O)/C=C/C(=O)O)cc1Cl. The summed E-state index contributed by atoms with van der Waals surface area (Å²) in [4.78, 5) is 32.9. The van der Waals surface area contributed by atoms with Gasteiger partial charge < -0.3 is 10.4 Å². The summed E-state index contributed by atoms with van der Waals surface area (Å²) in [5, 5.41) is 13.2. The Morgan fingerprint density at radius 1 is 1.15 bits per heavy atom. The number of amides is 3. The Kier molecular flexibility index (Phi) is 5.54. The summed E-state index contributed by atoms with van der Waals surface area (Å²) in [6.45, 7) is 1.75. The maximum Gasteiger partial charge on any atom is 0.328 e. The number of halogens is 2. The van der Waals surface area contributed by atoms with E-state index < -0.39 is 17.9 Å². The summed E-state index contributed by atoms with van der Waals surface area (Å²) >= 11 is 11.8. The van der Waals surface area contributed by atoms with E-state index in [1.165, 1.54) is 6.07 Å². The largest absolute Gasteiger partial charge is 0.478 e. The predicted molar refractivity (Wildman–Crippen MR) is 75.1 cm³/mol. The number of carboxylic acid groups (broad SMARTS) is 1. The second kappa shape index (κ2) is 6.93. The van der Waals surface area contributed by atoms with Crippen molar-refractivity contribution in [1.29, 1.82) is 0 Å². The molecular formula is C12H10Cl2N2O4. The van der Waals surface area contributed by atoms with Crippen molar-refractivity contribution >= 4 is 46.8 Å². The molecule has 0 aromatic heterocycles. The molecule has 1 aromatic carbocycles. The highest BCUT2D eigenvalue weighted by Crippen LogP contribution is 2.28. The highest BCUT2D eigenvalue weighted by Gasteiger charge is 2.10. The number of aryl methyl sites for hydroxylation is 1. The first-order valence-corrected chi connectivity index (χ1v) is 6.04. The lowest BCUT2D eigenvalue weighted by Gasteiger charge is -2.09. The maximum absolute atomic E-state index is 11.5. The van der Waals surface area contributed by atoms with Crippen LogP contribution in [0.4, 0.5) is 10.5 Å². The number of carboxylic acids is 1. The number of imide groups is 1. The van der Waals surface area contributed by atoms with E-state index in [0.717, 1.165) is 5.56 Å². The van der Waals surface area contributed by atoms with Gasteiger partial charge in [0.05, 0.1) is 10.7 Å². The summed E-state index contributed by atoms with van der Waals surface area (Å²) in [5.74, 6) is -2.17. The van der Waals surface area contributed by atoms with Crippen molar-refractivity contribution in [3.63, 3.8) is 0 Å². The molecule has 0 unspecified atom stereocenters. The van der Waals surface area contributed by atoms with Gasteiger partial charge in [0, 0.05) is 17.2 Å². The Hall–Kier alpha value is -2.05. The second-order valence-electron chi connectivity index (χ2n) is 3.70. The number of hydrogen-bond donors (Lipinski definition) is 3. The first kappa shape index (κ1) is 16.0. The van der Waals surface area contributed by atoms with Crippen LogP contribution in [-0.2, 0) is 9.59 Å². The van der Waals surface area contributed by atoms with E-state index >= 15 is 0 Å². The van der Waals surface area contributed by atoms with Crippen LogP contribution in [0.5, 0.6) is 0 Å². The number of carbonyl (C=O) groups excluding carboxylic acids is 2. The third-order valence-electron chi connectivity index (χ3n) is 2.11. The third-order valence-corrected chi connectivity index (χ3v) is 2.83. The maximum atomic E-state index is 11.5. The molecule has 8 heteroatoms. The molecule has 0 saturated heterocycles. The van der Waals surface area contributed by atoms with E-state index in [-0.39, 0.29) is 10.7 Å². The molecule has 0 saturated carbocycles. The first-order chi connectivity index (χ1) is 9.29. The molecule has 0 heterocycles. The molecule has 6 nitrogen and oxygen atoms in total. The zero-order valence-corrected chi connectivity index (χ0v) is 11.7. The van der Waals surface area contributed by atoms with Gasteiger partial charge in [-0.15, -0.1) is 0 Å². The predicted octanol–water partition coefficient (Wildman–Crippen LogP) is 2.59. The summed E-state index contributed by atoms with van der Waals surface area (Å²) in [6.07, 6.45) is 1.32. The van der Waals surface area contributed by atoms with Crippen molar-refractivity contribution in [2.24, 2.45) is 0 Å². The van der Waals surface area contributed by atoms with Gasteiger partial charge in [-0.1, -0.05) is 23.2 Å². The minimum atomic E-state index is -1.30. The molecule has 3 N–H and O–H groups in total. The van der Waals surface area contributed by atoms with Gasteiger partial charge >= 0.3 is 12.0 Å². The minimum Gasteiger partial charge on any atom is -0.478 e. The van der Waals surface area contributed by atoms with Crippen molar-refractivity contribution in [1.82, 2.24) is 5.32 Å². The molecule has 0 spiro atoms. The van der Waals surface area contributed by atoms with E-state index in [0.29, 0.717) is 17.2 Å².